The maximum absolute atomic E-state index is 10.9. The van der Waals surface area contributed by atoms with Crippen LogP contribution in [0, 0.1) is 0 Å². The lowest BCUT2D eigenvalue weighted by Gasteiger charge is -2.08. The highest BCUT2D eigenvalue weighted by Gasteiger charge is 2.18. The lowest BCUT2D eigenvalue weighted by molar-refractivity contribution is 0.174. The molecule has 4 nitrogen and oxygen atoms in total. The first-order valence-corrected chi connectivity index (χ1v) is 5.61. The molecule has 0 aromatic carbocycles. The number of hydrogen-bond donors (Lipinski definition) is 1. The van der Waals surface area contributed by atoms with E-state index in [2.05, 4.69) is 9.05 Å². The van der Waals surface area contributed by atoms with Crippen molar-refractivity contribution in [3.63, 3.8) is 0 Å². The van der Waals surface area contributed by atoms with Crippen LogP contribution >= 0.6 is 31.0 Å². The van der Waals surface area contributed by atoms with Gasteiger partial charge in [-0.25, -0.2) is 4.57 Å². The second kappa shape index (κ2) is 7.56. The highest BCUT2D eigenvalue weighted by molar-refractivity contribution is 7.47. The van der Waals surface area contributed by atoms with Gasteiger partial charge >= 0.3 is 7.82 Å². The van der Waals surface area contributed by atoms with E-state index in [1.54, 1.807) is 0 Å². The third-order valence-corrected chi connectivity index (χ3v) is 2.15. The van der Waals surface area contributed by atoms with Gasteiger partial charge in [-0.2, -0.15) is 0 Å². The minimum Gasteiger partial charge on any atom is -0.302 e. The monoisotopic (exact) mass is 246 g/mol. The van der Waals surface area contributed by atoms with E-state index < -0.39 is 7.82 Å². The standard InChI is InChI=1S/C6H9Cl2O4P/c7-3-1-5-11-13(9,10)12-6-2-4-8/h1-4H,5-6H2,(H,9,10). The summed E-state index contributed by atoms with van der Waals surface area (Å²) in [7, 11) is -3.97. The van der Waals surface area contributed by atoms with Crippen LogP contribution in [-0.4, -0.2) is 18.1 Å². The van der Waals surface area contributed by atoms with Gasteiger partial charge in [-0.3, -0.25) is 9.05 Å². The summed E-state index contributed by atoms with van der Waals surface area (Å²) in [6.45, 7) is -0.163. The van der Waals surface area contributed by atoms with Crippen LogP contribution < -0.4 is 0 Å². The van der Waals surface area contributed by atoms with Crippen LogP contribution in [-0.2, 0) is 13.6 Å². The van der Waals surface area contributed by atoms with Crippen LogP contribution in [0.15, 0.2) is 23.2 Å². The Balaban J connectivity index is 3.73. The molecule has 0 aliphatic rings. The summed E-state index contributed by atoms with van der Waals surface area (Å²) in [6.07, 6.45) is 2.73. The zero-order valence-corrected chi connectivity index (χ0v) is 9.01. The van der Waals surface area contributed by atoms with E-state index in [1.807, 2.05) is 0 Å². The van der Waals surface area contributed by atoms with Gasteiger partial charge in [-0.05, 0) is 12.2 Å². The molecular weight excluding hydrogens is 238 g/mol. The van der Waals surface area contributed by atoms with Gasteiger partial charge in [0.15, 0.2) is 0 Å². The number of phosphoric ester groups is 1. The molecule has 0 amide bonds. The molecule has 76 valence electrons. The molecule has 0 unspecified atom stereocenters. The summed E-state index contributed by atoms with van der Waals surface area (Å²) in [5.74, 6) is 0. The molecule has 0 saturated heterocycles. The second-order valence-corrected chi connectivity index (χ2v) is 3.74. The topological polar surface area (TPSA) is 55.8 Å². The minimum absolute atomic E-state index is 0.0815. The first kappa shape index (κ1) is 13.2. The molecule has 0 aliphatic carbocycles. The van der Waals surface area contributed by atoms with Gasteiger partial charge in [0.05, 0.1) is 13.2 Å². The highest BCUT2D eigenvalue weighted by Crippen LogP contribution is 2.42. The van der Waals surface area contributed by atoms with Gasteiger partial charge in [0.1, 0.15) is 0 Å². The van der Waals surface area contributed by atoms with E-state index in [-0.39, 0.29) is 13.2 Å². The Morgan fingerprint density at radius 3 is 1.85 bits per heavy atom. The van der Waals surface area contributed by atoms with E-state index >= 15 is 0 Å². The predicted octanol–water partition coefficient (Wildman–Crippen LogP) is 2.63. The molecule has 13 heavy (non-hydrogen) atoms. The number of rotatable bonds is 6. The molecule has 0 bridgehead atoms. The Kier molecular flexibility index (Phi) is 7.66. The van der Waals surface area contributed by atoms with E-state index in [0.29, 0.717) is 0 Å². The van der Waals surface area contributed by atoms with Gasteiger partial charge in [0.25, 0.3) is 0 Å². The molecule has 0 rings (SSSR count). The number of phosphoric acid groups is 1. The summed E-state index contributed by atoms with van der Waals surface area (Å²) < 4.78 is 19.8. The van der Waals surface area contributed by atoms with Gasteiger partial charge in [-0.15, -0.1) is 0 Å². The summed E-state index contributed by atoms with van der Waals surface area (Å²) in [6, 6.07) is 0. The van der Waals surface area contributed by atoms with Gasteiger partial charge in [0.2, 0.25) is 0 Å². The van der Waals surface area contributed by atoms with Crippen molar-refractivity contribution in [1.29, 1.82) is 0 Å². The molecule has 0 atom stereocenters. The molecular formula is C6H9Cl2O4P. The maximum Gasteiger partial charge on any atom is 0.472 e. The van der Waals surface area contributed by atoms with Crippen molar-refractivity contribution >= 4 is 31.0 Å². The molecule has 0 saturated carbocycles. The fraction of sp³-hybridized carbons (Fsp3) is 0.333. The van der Waals surface area contributed by atoms with Crippen LogP contribution in [0.4, 0.5) is 0 Å². The largest absolute Gasteiger partial charge is 0.472 e. The van der Waals surface area contributed by atoms with Crippen LogP contribution in [0.1, 0.15) is 0 Å². The summed E-state index contributed by atoms with van der Waals surface area (Å²) >= 11 is 10.3. The van der Waals surface area contributed by atoms with Gasteiger partial charge in [-0.1, -0.05) is 23.2 Å². The first-order valence-electron chi connectivity index (χ1n) is 3.24. The third kappa shape index (κ3) is 8.50. The lowest BCUT2D eigenvalue weighted by Crippen LogP contribution is -1.94. The highest BCUT2D eigenvalue weighted by atomic mass is 35.5. The van der Waals surface area contributed by atoms with Crippen molar-refractivity contribution < 1.29 is 18.5 Å². The van der Waals surface area contributed by atoms with Crippen LogP contribution in [0.25, 0.3) is 0 Å². The van der Waals surface area contributed by atoms with Crippen molar-refractivity contribution in [2.45, 2.75) is 0 Å². The zero-order valence-electron chi connectivity index (χ0n) is 6.60. The summed E-state index contributed by atoms with van der Waals surface area (Å²) in [5, 5.41) is 0. The van der Waals surface area contributed by atoms with Crippen molar-refractivity contribution in [3.8, 4) is 0 Å². The third-order valence-electron chi connectivity index (χ3n) is 0.846. The first-order chi connectivity index (χ1) is 6.12. The normalized spacial score (nSPS) is 16.8. The Morgan fingerprint density at radius 2 is 1.54 bits per heavy atom. The molecule has 0 fully saturated rings. The number of hydrogen-bond acceptors (Lipinski definition) is 3. The van der Waals surface area contributed by atoms with E-state index in [0.717, 1.165) is 0 Å². The van der Waals surface area contributed by atoms with Crippen molar-refractivity contribution in [2.24, 2.45) is 0 Å². The Bertz CT molecular complexity index is 209. The average molecular weight is 247 g/mol. The van der Waals surface area contributed by atoms with Crippen molar-refractivity contribution in [3.05, 3.63) is 23.2 Å². The molecule has 0 aromatic rings. The van der Waals surface area contributed by atoms with E-state index in [9.17, 15) is 4.57 Å². The van der Waals surface area contributed by atoms with Crippen molar-refractivity contribution in [1.82, 2.24) is 0 Å². The summed E-state index contributed by atoms with van der Waals surface area (Å²) in [4.78, 5) is 8.92. The molecule has 0 aliphatic heterocycles. The summed E-state index contributed by atoms with van der Waals surface area (Å²) in [5.41, 5.74) is 2.36. The van der Waals surface area contributed by atoms with E-state index in [4.69, 9.17) is 28.1 Å². The Morgan fingerprint density at radius 1 is 1.15 bits per heavy atom. The van der Waals surface area contributed by atoms with Gasteiger partial charge in [0, 0.05) is 11.1 Å². The Labute approximate surface area is 86.4 Å². The molecule has 0 aromatic heterocycles. The number of halogens is 2. The predicted molar refractivity (Wildman–Crippen MR) is 51.7 cm³/mol. The Hall–Kier alpha value is 0.170. The zero-order chi connectivity index (χ0) is 10.2. The second-order valence-electron chi connectivity index (χ2n) is 1.78. The maximum atomic E-state index is 10.9. The quantitative estimate of drug-likeness (QED) is 0.733. The van der Waals surface area contributed by atoms with Gasteiger partial charge < -0.3 is 4.89 Å². The minimum atomic E-state index is -3.97. The molecule has 0 radical (unpaired) electrons. The van der Waals surface area contributed by atoms with E-state index in [1.165, 1.54) is 23.2 Å². The molecule has 7 heteroatoms. The fourth-order valence-corrected chi connectivity index (χ4v) is 1.15. The smallest absolute Gasteiger partial charge is 0.302 e. The van der Waals surface area contributed by atoms with Crippen LogP contribution in [0.2, 0.25) is 0 Å². The molecule has 1 N–H and O–H groups in total. The average Bonchev–Trinajstić information content (AvgIpc) is 2.05. The lowest BCUT2D eigenvalue weighted by atomic mass is 10.7. The SMILES string of the molecule is O=P(O)(OCC=CCl)OCC=CCl. The van der Waals surface area contributed by atoms with Crippen LogP contribution in [0.3, 0.4) is 0 Å². The van der Waals surface area contributed by atoms with Crippen LogP contribution in [0.5, 0.6) is 0 Å². The van der Waals surface area contributed by atoms with Crippen molar-refractivity contribution in [2.75, 3.05) is 13.2 Å². The fourth-order valence-electron chi connectivity index (χ4n) is 0.384. The molecule has 0 heterocycles. The molecule has 0 spiro atoms.